The number of aromatic nitrogens is 2. The molecule has 1 aromatic carbocycles. The van der Waals surface area contributed by atoms with Gasteiger partial charge < -0.3 is 15.4 Å². The maximum Gasteiger partial charge on any atom is 0.270 e. The van der Waals surface area contributed by atoms with Gasteiger partial charge >= 0.3 is 0 Å². The predicted molar refractivity (Wildman–Crippen MR) is 85.8 cm³/mol. The van der Waals surface area contributed by atoms with Crippen LogP contribution in [-0.4, -0.2) is 29.5 Å². The van der Waals surface area contributed by atoms with Gasteiger partial charge in [-0.25, -0.2) is 9.97 Å². The lowest BCUT2D eigenvalue weighted by Gasteiger charge is -2.11. The number of anilines is 2. The second-order valence-electron chi connectivity index (χ2n) is 4.26. The highest BCUT2D eigenvalue weighted by atomic mass is 35.5. The van der Waals surface area contributed by atoms with Gasteiger partial charge in [-0.1, -0.05) is 17.7 Å². The average molecular weight is 319 g/mol. The van der Waals surface area contributed by atoms with Crippen LogP contribution in [0.2, 0.25) is 5.02 Å². The first-order valence-corrected chi connectivity index (χ1v) is 6.83. The van der Waals surface area contributed by atoms with Crippen LogP contribution in [0.4, 0.5) is 11.5 Å². The maximum atomic E-state index is 11.9. The summed E-state index contributed by atoms with van der Waals surface area (Å²) in [6.45, 7) is 3.91. The SMILES string of the molecule is C=CCNC(=O)c1cc(Nc2cc(Cl)ccc2OC)ncn1. The van der Waals surface area contributed by atoms with Crippen molar-refractivity contribution in [3.05, 3.63) is 54.0 Å². The lowest BCUT2D eigenvalue weighted by Crippen LogP contribution is -2.24. The Labute approximate surface area is 133 Å². The Balaban J connectivity index is 2.22. The van der Waals surface area contributed by atoms with E-state index >= 15 is 0 Å². The molecule has 0 bridgehead atoms. The van der Waals surface area contributed by atoms with E-state index in [1.54, 1.807) is 37.5 Å². The molecule has 114 valence electrons. The second kappa shape index (κ2) is 7.42. The smallest absolute Gasteiger partial charge is 0.270 e. The largest absolute Gasteiger partial charge is 0.495 e. The van der Waals surface area contributed by atoms with Gasteiger partial charge in [0.05, 0.1) is 12.8 Å². The van der Waals surface area contributed by atoms with Gasteiger partial charge in [0.2, 0.25) is 0 Å². The molecule has 0 fully saturated rings. The summed E-state index contributed by atoms with van der Waals surface area (Å²) >= 11 is 5.98. The zero-order valence-electron chi connectivity index (χ0n) is 12.0. The van der Waals surface area contributed by atoms with Crippen molar-refractivity contribution in [1.29, 1.82) is 0 Å². The van der Waals surface area contributed by atoms with Crippen molar-refractivity contribution in [2.75, 3.05) is 19.0 Å². The van der Waals surface area contributed by atoms with E-state index in [2.05, 4.69) is 27.2 Å². The minimum atomic E-state index is -0.302. The van der Waals surface area contributed by atoms with Gasteiger partial charge in [-0.05, 0) is 18.2 Å². The van der Waals surface area contributed by atoms with Gasteiger partial charge in [0.15, 0.2) is 0 Å². The molecule has 2 aromatic rings. The van der Waals surface area contributed by atoms with Crippen molar-refractivity contribution in [3.63, 3.8) is 0 Å². The minimum absolute atomic E-state index is 0.250. The summed E-state index contributed by atoms with van der Waals surface area (Å²) in [5.74, 6) is 0.767. The Kier molecular flexibility index (Phi) is 5.32. The Morgan fingerprint density at radius 2 is 2.23 bits per heavy atom. The second-order valence-corrected chi connectivity index (χ2v) is 4.69. The average Bonchev–Trinajstić information content (AvgIpc) is 2.53. The molecule has 0 spiro atoms. The highest BCUT2D eigenvalue weighted by molar-refractivity contribution is 6.31. The number of amides is 1. The van der Waals surface area contributed by atoms with Gasteiger partial charge in [0, 0.05) is 17.6 Å². The third-order valence-electron chi connectivity index (χ3n) is 2.73. The van der Waals surface area contributed by atoms with Crippen molar-refractivity contribution in [2.45, 2.75) is 0 Å². The molecule has 0 radical (unpaired) electrons. The van der Waals surface area contributed by atoms with Crippen molar-refractivity contribution in [1.82, 2.24) is 15.3 Å². The molecule has 0 atom stereocenters. The van der Waals surface area contributed by atoms with Crippen LogP contribution < -0.4 is 15.4 Å². The zero-order chi connectivity index (χ0) is 15.9. The Morgan fingerprint density at radius 1 is 1.41 bits per heavy atom. The molecule has 0 unspecified atom stereocenters. The molecule has 2 N–H and O–H groups in total. The fourth-order valence-corrected chi connectivity index (χ4v) is 1.89. The standard InChI is InChI=1S/C15H15ClN4O2/c1-3-6-17-15(21)12-8-14(19-9-18-12)20-11-7-10(16)4-5-13(11)22-2/h3-5,7-9H,1,6H2,2H3,(H,17,21)(H,18,19,20). The number of halogens is 1. The molecule has 0 aliphatic carbocycles. The molecule has 6 nitrogen and oxygen atoms in total. The fourth-order valence-electron chi connectivity index (χ4n) is 1.72. The minimum Gasteiger partial charge on any atom is -0.495 e. The van der Waals surface area contributed by atoms with E-state index in [1.807, 2.05) is 0 Å². The topological polar surface area (TPSA) is 76.1 Å². The van der Waals surface area contributed by atoms with Crippen LogP contribution in [0.25, 0.3) is 0 Å². The first-order valence-electron chi connectivity index (χ1n) is 6.45. The summed E-state index contributed by atoms with van der Waals surface area (Å²) < 4.78 is 5.25. The lowest BCUT2D eigenvalue weighted by molar-refractivity contribution is 0.0953. The van der Waals surface area contributed by atoms with Gasteiger partial charge in [0.1, 0.15) is 23.6 Å². The molecular weight excluding hydrogens is 304 g/mol. The van der Waals surface area contributed by atoms with Crippen LogP contribution in [0.3, 0.4) is 0 Å². The molecule has 0 aliphatic rings. The van der Waals surface area contributed by atoms with E-state index in [1.165, 1.54) is 6.33 Å². The van der Waals surface area contributed by atoms with Crippen molar-refractivity contribution in [3.8, 4) is 5.75 Å². The predicted octanol–water partition coefficient (Wildman–Crippen LogP) is 2.80. The van der Waals surface area contributed by atoms with Crippen molar-refractivity contribution in [2.24, 2.45) is 0 Å². The molecule has 1 heterocycles. The monoisotopic (exact) mass is 318 g/mol. The van der Waals surface area contributed by atoms with Crippen LogP contribution in [0.1, 0.15) is 10.5 Å². The van der Waals surface area contributed by atoms with Crippen LogP contribution in [0.5, 0.6) is 5.75 Å². The summed E-state index contributed by atoms with van der Waals surface area (Å²) in [5.41, 5.74) is 0.895. The van der Waals surface area contributed by atoms with E-state index < -0.39 is 0 Å². The van der Waals surface area contributed by atoms with E-state index in [4.69, 9.17) is 16.3 Å². The number of hydrogen-bond acceptors (Lipinski definition) is 5. The Morgan fingerprint density at radius 3 is 2.95 bits per heavy atom. The summed E-state index contributed by atoms with van der Waals surface area (Å²) in [6, 6.07) is 6.71. The number of carbonyl (C=O) groups is 1. The molecule has 7 heteroatoms. The van der Waals surface area contributed by atoms with Crippen LogP contribution in [-0.2, 0) is 0 Å². The van der Waals surface area contributed by atoms with Gasteiger partial charge in [-0.15, -0.1) is 6.58 Å². The number of carbonyl (C=O) groups excluding carboxylic acids is 1. The van der Waals surface area contributed by atoms with E-state index in [-0.39, 0.29) is 11.6 Å². The Bertz CT molecular complexity index is 691. The molecule has 0 saturated heterocycles. The Hall–Kier alpha value is -2.60. The summed E-state index contributed by atoms with van der Waals surface area (Å²) in [7, 11) is 1.56. The van der Waals surface area contributed by atoms with E-state index in [0.29, 0.717) is 28.8 Å². The van der Waals surface area contributed by atoms with E-state index in [9.17, 15) is 4.79 Å². The highest BCUT2D eigenvalue weighted by Crippen LogP contribution is 2.29. The van der Waals surface area contributed by atoms with Gasteiger partial charge in [-0.3, -0.25) is 4.79 Å². The number of nitrogens with one attached hydrogen (secondary N) is 2. The van der Waals surface area contributed by atoms with Crippen LogP contribution >= 0.6 is 11.6 Å². The molecule has 0 aliphatic heterocycles. The number of ether oxygens (including phenoxy) is 1. The molecule has 1 aromatic heterocycles. The lowest BCUT2D eigenvalue weighted by atomic mass is 10.3. The number of methoxy groups -OCH3 is 1. The number of benzene rings is 1. The molecule has 22 heavy (non-hydrogen) atoms. The number of hydrogen-bond donors (Lipinski definition) is 2. The first-order chi connectivity index (χ1) is 10.6. The molecule has 0 saturated carbocycles. The third kappa shape index (κ3) is 3.95. The van der Waals surface area contributed by atoms with Gasteiger partial charge in [0.25, 0.3) is 5.91 Å². The summed E-state index contributed by atoms with van der Waals surface area (Å²) in [6.07, 6.45) is 2.90. The third-order valence-corrected chi connectivity index (χ3v) is 2.97. The zero-order valence-corrected chi connectivity index (χ0v) is 12.7. The highest BCUT2D eigenvalue weighted by Gasteiger charge is 2.09. The van der Waals surface area contributed by atoms with Crippen molar-refractivity contribution >= 4 is 29.0 Å². The number of nitrogens with zero attached hydrogens (tertiary/aromatic N) is 2. The summed E-state index contributed by atoms with van der Waals surface area (Å²) in [5, 5.41) is 6.26. The quantitative estimate of drug-likeness (QED) is 0.801. The molecule has 2 rings (SSSR count). The normalized spacial score (nSPS) is 9.91. The van der Waals surface area contributed by atoms with Crippen LogP contribution in [0.15, 0.2) is 43.2 Å². The molecule has 1 amide bonds. The fraction of sp³-hybridized carbons (Fsp3) is 0.133. The molecular formula is C15H15ClN4O2. The summed E-state index contributed by atoms with van der Waals surface area (Å²) in [4.78, 5) is 19.9. The van der Waals surface area contributed by atoms with Crippen molar-refractivity contribution < 1.29 is 9.53 Å². The van der Waals surface area contributed by atoms with Gasteiger partial charge in [-0.2, -0.15) is 0 Å². The van der Waals surface area contributed by atoms with E-state index in [0.717, 1.165) is 0 Å². The maximum absolute atomic E-state index is 11.9. The number of rotatable bonds is 6. The first kappa shape index (κ1) is 15.8. The van der Waals surface area contributed by atoms with Crippen LogP contribution in [0, 0.1) is 0 Å².